The Kier molecular flexibility index (Phi) is 20.2. The first-order valence-electron chi connectivity index (χ1n) is 5.55. The Morgan fingerprint density at radius 1 is 1.00 bits per heavy atom. The molecule has 0 aliphatic carbocycles. The molecule has 0 aliphatic rings. The van der Waals surface area contributed by atoms with Crippen LogP contribution in [0.4, 0.5) is 0 Å². The van der Waals surface area contributed by atoms with Crippen LogP contribution in [0, 0.1) is 0 Å². The average Bonchev–Trinajstić information content (AvgIpc) is 2.17. The zero-order valence-electron chi connectivity index (χ0n) is 9.68. The molecule has 0 N–H and O–H groups in total. The zero-order chi connectivity index (χ0) is 10.4. The van der Waals surface area contributed by atoms with Gasteiger partial charge in [-0.05, 0) is 19.8 Å². The quantitative estimate of drug-likeness (QED) is 0.395. The summed E-state index contributed by atoms with van der Waals surface area (Å²) in [4.78, 5) is 0. The smallest absolute Gasteiger partial charge is 0.0351 e. The van der Waals surface area contributed by atoms with Crippen LogP contribution >= 0.6 is 0 Å². The third kappa shape index (κ3) is 24.6. The van der Waals surface area contributed by atoms with E-state index in [-0.39, 0.29) is 0 Å². The lowest BCUT2D eigenvalue weighted by atomic mass is 10.2. The summed E-state index contributed by atoms with van der Waals surface area (Å²) in [7, 11) is 0. The molecule has 0 fully saturated rings. The Balaban J connectivity index is 0. The summed E-state index contributed by atoms with van der Waals surface area (Å²) in [5, 5.41) is 0. The van der Waals surface area contributed by atoms with Gasteiger partial charge in [0.25, 0.3) is 0 Å². The van der Waals surface area contributed by atoms with Crippen molar-refractivity contribution in [1.29, 1.82) is 0 Å². The van der Waals surface area contributed by atoms with Crippen LogP contribution in [0.1, 0.15) is 59.3 Å². The molecule has 0 aromatic heterocycles. The van der Waals surface area contributed by atoms with Gasteiger partial charge in [-0.3, -0.25) is 0 Å². The van der Waals surface area contributed by atoms with Gasteiger partial charge in [0.1, 0.15) is 0 Å². The van der Waals surface area contributed by atoms with Crippen LogP contribution in [0.5, 0.6) is 0 Å². The third-order valence-corrected chi connectivity index (χ3v) is 1.72. The molecule has 0 saturated carbocycles. The normalized spacial score (nSPS) is 9.46. The highest BCUT2D eigenvalue weighted by atomic mass is 13.8. The first-order valence-corrected chi connectivity index (χ1v) is 5.55. The lowest BCUT2D eigenvalue weighted by Crippen LogP contribution is -1.63. The van der Waals surface area contributed by atoms with Crippen LogP contribution < -0.4 is 0 Å². The molecule has 0 radical (unpaired) electrons. The van der Waals surface area contributed by atoms with E-state index in [1.165, 1.54) is 38.5 Å². The van der Waals surface area contributed by atoms with Gasteiger partial charge in [-0.2, -0.15) is 0 Å². The topological polar surface area (TPSA) is 0 Å². The highest BCUT2D eigenvalue weighted by Crippen LogP contribution is 1.93. The predicted octanol–water partition coefficient (Wildman–Crippen LogP) is 5.12. The van der Waals surface area contributed by atoms with Gasteiger partial charge in [-0.1, -0.05) is 57.8 Å². The highest BCUT2D eigenvalue weighted by Gasteiger charge is 1.73. The summed E-state index contributed by atoms with van der Waals surface area (Å²) < 4.78 is 0. The fourth-order valence-corrected chi connectivity index (χ4v) is 0.837. The summed E-state index contributed by atoms with van der Waals surface area (Å²) >= 11 is 0. The van der Waals surface area contributed by atoms with E-state index in [1.54, 1.807) is 0 Å². The zero-order valence-corrected chi connectivity index (χ0v) is 9.68. The monoisotopic (exact) mass is 182 g/mol. The van der Waals surface area contributed by atoms with Crippen molar-refractivity contribution in [2.75, 3.05) is 0 Å². The van der Waals surface area contributed by atoms with E-state index in [0.717, 1.165) is 0 Å². The van der Waals surface area contributed by atoms with Crippen molar-refractivity contribution in [3.05, 3.63) is 24.8 Å². The molecule has 0 unspecified atom stereocenters. The Labute approximate surface area is 84.7 Å². The molecule has 0 aromatic carbocycles. The van der Waals surface area contributed by atoms with Gasteiger partial charge in [0.05, 0.1) is 0 Å². The molecule has 0 amide bonds. The minimum Gasteiger partial charge on any atom is -0.103 e. The molecule has 0 rings (SSSR count). The predicted molar refractivity (Wildman–Crippen MR) is 64.1 cm³/mol. The van der Waals surface area contributed by atoms with Gasteiger partial charge in [0.2, 0.25) is 0 Å². The van der Waals surface area contributed by atoms with Crippen molar-refractivity contribution in [3.8, 4) is 0 Å². The van der Waals surface area contributed by atoms with Crippen molar-refractivity contribution >= 4 is 0 Å². The van der Waals surface area contributed by atoms with Crippen LogP contribution in [0.3, 0.4) is 0 Å². The molecule has 0 aliphatic heterocycles. The van der Waals surface area contributed by atoms with Crippen molar-refractivity contribution in [2.24, 2.45) is 0 Å². The maximum atomic E-state index is 3.60. The van der Waals surface area contributed by atoms with Gasteiger partial charge < -0.3 is 0 Å². The Bertz CT molecular complexity index is 101. The summed E-state index contributed by atoms with van der Waals surface area (Å²) in [6, 6.07) is 0. The minimum absolute atomic E-state index is 1.18. The largest absolute Gasteiger partial charge is 0.103 e. The van der Waals surface area contributed by atoms with E-state index in [0.29, 0.717) is 0 Å². The lowest BCUT2D eigenvalue weighted by Gasteiger charge is -1.83. The minimum atomic E-state index is 1.18. The molecule has 13 heavy (non-hydrogen) atoms. The molecule has 0 heteroatoms. The summed E-state index contributed by atoms with van der Waals surface area (Å²) in [5.74, 6) is 0. The van der Waals surface area contributed by atoms with E-state index >= 15 is 0 Å². The standard InChI is InChI=1S/C7H14.C6H12/c1-3-5-7-6-4-2;1-3-5-6-4-2/h3,5H,4,6-7H2,1-2H3;3H,1,4-6H2,2H3. The molecule has 0 heterocycles. The number of allylic oxidation sites excluding steroid dienone is 3. The SMILES string of the molecule is C=CCCCC.CC=CCCCC. The number of rotatable bonds is 6. The second-order valence-corrected chi connectivity index (χ2v) is 3.14. The van der Waals surface area contributed by atoms with Crippen LogP contribution in [0.15, 0.2) is 24.8 Å². The molecule has 0 spiro atoms. The molecular formula is C13H26. The third-order valence-electron chi connectivity index (χ3n) is 1.72. The van der Waals surface area contributed by atoms with E-state index in [9.17, 15) is 0 Å². The van der Waals surface area contributed by atoms with E-state index in [2.05, 4.69) is 39.5 Å². The Hall–Kier alpha value is -0.520. The van der Waals surface area contributed by atoms with Gasteiger partial charge in [0.15, 0.2) is 0 Å². The van der Waals surface area contributed by atoms with E-state index in [4.69, 9.17) is 0 Å². The van der Waals surface area contributed by atoms with Crippen molar-refractivity contribution in [2.45, 2.75) is 59.3 Å². The fraction of sp³-hybridized carbons (Fsp3) is 0.692. The first kappa shape index (κ1) is 15.0. The van der Waals surface area contributed by atoms with E-state index in [1.807, 2.05) is 6.08 Å². The molecule has 0 bridgehead atoms. The van der Waals surface area contributed by atoms with Crippen molar-refractivity contribution in [1.82, 2.24) is 0 Å². The second kappa shape index (κ2) is 17.5. The van der Waals surface area contributed by atoms with Crippen molar-refractivity contribution < 1.29 is 0 Å². The second-order valence-electron chi connectivity index (χ2n) is 3.14. The number of hydrogen-bond acceptors (Lipinski definition) is 0. The van der Waals surface area contributed by atoms with E-state index < -0.39 is 0 Å². The summed E-state index contributed by atoms with van der Waals surface area (Å²) in [6.45, 7) is 10.1. The molecule has 0 aromatic rings. The first-order chi connectivity index (χ1) is 6.33. The molecule has 0 atom stereocenters. The van der Waals surface area contributed by atoms with Crippen LogP contribution in [-0.2, 0) is 0 Å². The van der Waals surface area contributed by atoms with Crippen LogP contribution in [0.25, 0.3) is 0 Å². The Morgan fingerprint density at radius 3 is 1.85 bits per heavy atom. The molecule has 0 saturated heterocycles. The Morgan fingerprint density at radius 2 is 1.54 bits per heavy atom. The van der Waals surface area contributed by atoms with Crippen LogP contribution in [-0.4, -0.2) is 0 Å². The van der Waals surface area contributed by atoms with Gasteiger partial charge in [-0.15, -0.1) is 6.58 Å². The van der Waals surface area contributed by atoms with Gasteiger partial charge in [-0.25, -0.2) is 0 Å². The van der Waals surface area contributed by atoms with Crippen molar-refractivity contribution in [3.63, 3.8) is 0 Å². The number of hydrogen-bond donors (Lipinski definition) is 0. The maximum Gasteiger partial charge on any atom is -0.0351 e. The van der Waals surface area contributed by atoms with Crippen LogP contribution in [0.2, 0.25) is 0 Å². The molecule has 0 nitrogen and oxygen atoms in total. The molecule has 78 valence electrons. The highest BCUT2D eigenvalue weighted by molar-refractivity contribution is 4.75. The average molecular weight is 182 g/mol. The lowest BCUT2D eigenvalue weighted by molar-refractivity contribution is 0.814. The number of unbranched alkanes of at least 4 members (excludes halogenated alkanes) is 4. The summed E-state index contributed by atoms with van der Waals surface area (Å²) in [5.41, 5.74) is 0. The molecular weight excluding hydrogens is 156 g/mol. The van der Waals surface area contributed by atoms with Gasteiger partial charge in [0, 0.05) is 0 Å². The maximum absolute atomic E-state index is 3.60. The fourth-order valence-electron chi connectivity index (χ4n) is 0.837. The van der Waals surface area contributed by atoms with Gasteiger partial charge >= 0.3 is 0 Å². The summed E-state index contributed by atoms with van der Waals surface area (Å²) in [6.07, 6.45) is 13.9.